The van der Waals surface area contributed by atoms with Gasteiger partial charge in [-0.25, -0.2) is 0 Å². The molecule has 0 amide bonds. The first-order valence-corrected chi connectivity index (χ1v) is 13.0. The summed E-state index contributed by atoms with van der Waals surface area (Å²) in [7, 11) is 0. The maximum Gasteiger partial charge on any atom is 0.0963 e. The van der Waals surface area contributed by atoms with Crippen molar-refractivity contribution in [2.45, 2.75) is 57.3 Å². The molecule has 0 radical (unpaired) electrons. The third-order valence-corrected chi connectivity index (χ3v) is 8.03. The largest absolute Gasteiger partial charge is 0.317 e. The number of allylic oxidation sites excluding steroid dienone is 9. The molecule has 36 heavy (non-hydrogen) atoms. The van der Waals surface area contributed by atoms with Crippen LogP contribution in [-0.2, 0) is 5.41 Å². The predicted molar refractivity (Wildman–Crippen MR) is 149 cm³/mol. The van der Waals surface area contributed by atoms with Crippen LogP contribution in [0.15, 0.2) is 107 Å². The summed E-state index contributed by atoms with van der Waals surface area (Å²) in [6.45, 7) is 4.72. The Morgan fingerprint density at radius 3 is 2.75 bits per heavy atom. The molecule has 1 atom stereocenters. The fourth-order valence-corrected chi connectivity index (χ4v) is 6.25. The molecule has 6 rings (SSSR count). The molecule has 2 aromatic carbocycles. The van der Waals surface area contributed by atoms with Gasteiger partial charge in [0.1, 0.15) is 0 Å². The highest BCUT2D eigenvalue weighted by Crippen LogP contribution is 2.50. The SMILES string of the molecule is CC1(C)C2=C(CCC=C2)N(C2=CC(c3ccccc3C3C=NC=C(C#N)C3)=CCC2)c2ccccc21. The van der Waals surface area contributed by atoms with E-state index in [-0.39, 0.29) is 11.3 Å². The van der Waals surface area contributed by atoms with Crippen LogP contribution >= 0.6 is 0 Å². The summed E-state index contributed by atoms with van der Waals surface area (Å²) in [6, 6.07) is 19.9. The normalized spacial score (nSPS) is 22.2. The van der Waals surface area contributed by atoms with Gasteiger partial charge in [0.15, 0.2) is 0 Å². The van der Waals surface area contributed by atoms with Gasteiger partial charge >= 0.3 is 0 Å². The molecule has 3 heteroatoms. The van der Waals surface area contributed by atoms with E-state index in [1.54, 1.807) is 6.20 Å². The zero-order valence-electron chi connectivity index (χ0n) is 21.0. The van der Waals surface area contributed by atoms with Crippen LogP contribution in [0.25, 0.3) is 5.57 Å². The highest BCUT2D eigenvalue weighted by Gasteiger charge is 2.38. The van der Waals surface area contributed by atoms with E-state index in [1.165, 1.54) is 44.9 Å². The summed E-state index contributed by atoms with van der Waals surface area (Å²) < 4.78 is 0. The van der Waals surface area contributed by atoms with Crippen LogP contribution in [0.3, 0.4) is 0 Å². The van der Waals surface area contributed by atoms with Crippen molar-refractivity contribution in [3.05, 3.63) is 118 Å². The van der Waals surface area contributed by atoms with E-state index in [2.05, 4.69) is 103 Å². The van der Waals surface area contributed by atoms with E-state index in [1.807, 2.05) is 6.21 Å². The summed E-state index contributed by atoms with van der Waals surface area (Å²) in [5.74, 6) is 0.120. The number of para-hydroxylation sites is 1. The van der Waals surface area contributed by atoms with E-state index in [4.69, 9.17) is 0 Å². The smallest absolute Gasteiger partial charge is 0.0963 e. The quantitative estimate of drug-likeness (QED) is 0.455. The Kier molecular flexibility index (Phi) is 5.61. The van der Waals surface area contributed by atoms with Crippen LogP contribution in [0, 0.1) is 11.3 Å². The minimum Gasteiger partial charge on any atom is -0.317 e. The summed E-state index contributed by atoms with van der Waals surface area (Å²) in [4.78, 5) is 6.94. The van der Waals surface area contributed by atoms with Crippen molar-refractivity contribution in [2.24, 2.45) is 4.99 Å². The fourth-order valence-electron chi connectivity index (χ4n) is 6.25. The Hall–Kier alpha value is -3.90. The molecule has 0 aromatic heterocycles. The number of hydrogen-bond donors (Lipinski definition) is 0. The zero-order chi connectivity index (χ0) is 24.7. The van der Waals surface area contributed by atoms with Crippen LogP contribution < -0.4 is 4.90 Å². The second-order valence-corrected chi connectivity index (χ2v) is 10.6. The van der Waals surface area contributed by atoms with E-state index in [9.17, 15) is 5.26 Å². The maximum atomic E-state index is 9.44. The number of fused-ring (bicyclic) bond motifs is 1. The lowest BCUT2D eigenvalue weighted by Gasteiger charge is -2.45. The van der Waals surface area contributed by atoms with Gasteiger partial charge in [0.05, 0.1) is 6.07 Å². The van der Waals surface area contributed by atoms with Crippen LogP contribution in [0.1, 0.15) is 68.6 Å². The standard InChI is InChI=1S/C33H31N3/c1-33(2)29-14-5-7-16-31(29)36(32-17-8-6-15-30(32)33)26-11-9-10-24(19-26)27-12-3-4-13-28(27)25-18-23(20-34)21-35-22-25/h3-7,10,12-16,19,21-22,25H,8-9,11,17-18H2,1-2H3. The lowest BCUT2D eigenvalue weighted by molar-refractivity contribution is 0.597. The molecule has 2 aliphatic carbocycles. The summed E-state index contributed by atoms with van der Waals surface area (Å²) >= 11 is 0. The van der Waals surface area contributed by atoms with E-state index in [0.29, 0.717) is 6.42 Å². The molecule has 3 nitrogen and oxygen atoms in total. The number of anilines is 1. The topological polar surface area (TPSA) is 39.4 Å². The van der Waals surface area contributed by atoms with Crippen LogP contribution in [0.5, 0.6) is 0 Å². The number of nitrogens with zero attached hydrogens (tertiary/aromatic N) is 3. The minimum absolute atomic E-state index is 0.00781. The van der Waals surface area contributed by atoms with Gasteiger partial charge in [-0.15, -0.1) is 0 Å². The van der Waals surface area contributed by atoms with Crippen molar-refractivity contribution >= 4 is 17.5 Å². The highest BCUT2D eigenvalue weighted by atomic mass is 15.2. The first-order valence-electron chi connectivity index (χ1n) is 13.0. The van der Waals surface area contributed by atoms with Gasteiger partial charge in [0.25, 0.3) is 0 Å². The Morgan fingerprint density at radius 1 is 1.03 bits per heavy atom. The molecular weight excluding hydrogens is 438 g/mol. The van der Waals surface area contributed by atoms with Crippen molar-refractivity contribution in [1.82, 2.24) is 0 Å². The Bertz CT molecular complexity index is 1450. The predicted octanol–water partition coefficient (Wildman–Crippen LogP) is 8.12. The van der Waals surface area contributed by atoms with Crippen LogP contribution in [-0.4, -0.2) is 6.21 Å². The van der Waals surface area contributed by atoms with Gasteiger partial charge in [-0.3, -0.25) is 4.99 Å². The number of hydrogen-bond acceptors (Lipinski definition) is 3. The molecule has 178 valence electrons. The first-order chi connectivity index (χ1) is 17.6. The van der Waals surface area contributed by atoms with Gasteiger partial charge in [0.2, 0.25) is 0 Å². The molecule has 2 heterocycles. The average Bonchev–Trinajstić information content (AvgIpc) is 2.93. The van der Waals surface area contributed by atoms with E-state index in [0.717, 1.165) is 31.3 Å². The Morgan fingerprint density at radius 2 is 1.86 bits per heavy atom. The van der Waals surface area contributed by atoms with E-state index >= 15 is 0 Å². The molecule has 2 aromatic rings. The second kappa shape index (κ2) is 8.95. The highest BCUT2D eigenvalue weighted by molar-refractivity contribution is 5.84. The molecule has 0 saturated carbocycles. The second-order valence-electron chi connectivity index (χ2n) is 10.6. The van der Waals surface area contributed by atoms with Crippen LogP contribution in [0.2, 0.25) is 0 Å². The molecular formula is C33H31N3. The van der Waals surface area contributed by atoms with Gasteiger partial charge in [-0.2, -0.15) is 5.26 Å². The molecule has 0 N–H and O–H groups in total. The third kappa shape index (κ3) is 3.69. The average molecular weight is 470 g/mol. The summed E-state index contributed by atoms with van der Waals surface area (Å²) in [6.07, 6.45) is 18.0. The van der Waals surface area contributed by atoms with E-state index < -0.39 is 0 Å². The fraction of sp³-hybridized carbons (Fsp3) is 0.273. The summed E-state index contributed by atoms with van der Waals surface area (Å²) in [5.41, 5.74) is 11.5. The molecule has 4 aliphatic rings. The number of nitriles is 1. The summed E-state index contributed by atoms with van der Waals surface area (Å²) in [5, 5.41) is 9.44. The lowest BCUT2D eigenvalue weighted by Crippen LogP contribution is -2.37. The molecule has 0 spiro atoms. The van der Waals surface area contributed by atoms with Gasteiger partial charge in [-0.05, 0) is 72.1 Å². The van der Waals surface area contributed by atoms with Crippen molar-refractivity contribution in [3.63, 3.8) is 0 Å². The molecule has 1 unspecified atom stereocenters. The lowest BCUT2D eigenvalue weighted by atomic mass is 9.71. The monoisotopic (exact) mass is 469 g/mol. The maximum absolute atomic E-state index is 9.44. The Balaban J connectivity index is 1.44. The molecule has 0 saturated heterocycles. The molecule has 0 bridgehead atoms. The third-order valence-electron chi connectivity index (χ3n) is 8.03. The Labute approximate surface area is 214 Å². The van der Waals surface area contributed by atoms with Crippen molar-refractivity contribution in [3.8, 4) is 6.07 Å². The number of benzene rings is 2. The number of aliphatic imine (C=N–C) groups is 1. The first kappa shape index (κ1) is 22.6. The van der Waals surface area contributed by atoms with Crippen molar-refractivity contribution in [1.29, 1.82) is 5.26 Å². The molecule has 2 aliphatic heterocycles. The molecule has 0 fully saturated rings. The number of rotatable bonds is 3. The van der Waals surface area contributed by atoms with Crippen molar-refractivity contribution < 1.29 is 0 Å². The van der Waals surface area contributed by atoms with Crippen molar-refractivity contribution in [2.75, 3.05) is 4.90 Å². The van der Waals surface area contributed by atoms with Gasteiger partial charge < -0.3 is 4.90 Å². The minimum atomic E-state index is -0.00781. The van der Waals surface area contributed by atoms with Crippen LogP contribution in [0.4, 0.5) is 5.69 Å². The van der Waals surface area contributed by atoms with Gasteiger partial charge in [-0.1, -0.05) is 74.5 Å². The van der Waals surface area contributed by atoms with Gasteiger partial charge in [0, 0.05) is 46.4 Å². The zero-order valence-corrected chi connectivity index (χ0v) is 21.0.